The lowest BCUT2D eigenvalue weighted by molar-refractivity contribution is -0.181. The van der Waals surface area contributed by atoms with Gasteiger partial charge in [-0.1, -0.05) is 19.8 Å². The minimum atomic E-state index is -0.860. The summed E-state index contributed by atoms with van der Waals surface area (Å²) < 4.78 is 5.95. The van der Waals surface area contributed by atoms with Gasteiger partial charge < -0.3 is 9.84 Å². The van der Waals surface area contributed by atoms with Crippen LogP contribution >= 0.6 is 0 Å². The molecule has 0 saturated heterocycles. The van der Waals surface area contributed by atoms with Gasteiger partial charge in [-0.25, -0.2) is 4.79 Å². The maximum atomic E-state index is 11.4. The largest absolute Gasteiger partial charge is 0.479 e. The second kappa shape index (κ2) is 4.74. The molecule has 3 nitrogen and oxygen atoms in total. The number of aliphatic carboxylic acids is 1. The molecule has 1 N–H and O–H groups in total. The van der Waals surface area contributed by atoms with Crippen molar-refractivity contribution in [2.75, 3.05) is 0 Å². The van der Waals surface area contributed by atoms with Crippen molar-refractivity contribution in [3.05, 3.63) is 0 Å². The van der Waals surface area contributed by atoms with Gasteiger partial charge in [-0.15, -0.1) is 0 Å². The van der Waals surface area contributed by atoms with Crippen LogP contribution in [0.2, 0.25) is 0 Å². The van der Waals surface area contributed by atoms with E-state index in [0.717, 1.165) is 25.7 Å². The highest BCUT2D eigenvalue weighted by atomic mass is 16.5. The van der Waals surface area contributed by atoms with Gasteiger partial charge in [-0.3, -0.25) is 0 Å². The summed E-state index contributed by atoms with van der Waals surface area (Å²) in [4.78, 5) is 11.4. The molecule has 0 aromatic rings. The molecule has 0 aromatic heterocycles. The molecule has 0 aliphatic heterocycles. The van der Waals surface area contributed by atoms with Gasteiger partial charge in [0, 0.05) is 0 Å². The molecular weight excluding hydrogens is 204 g/mol. The van der Waals surface area contributed by atoms with Crippen LogP contribution in [0.25, 0.3) is 0 Å². The van der Waals surface area contributed by atoms with Crippen LogP contribution in [-0.4, -0.2) is 22.8 Å². The van der Waals surface area contributed by atoms with Crippen LogP contribution in [0.3, 0.4) is 0 Å². The molecule has 0 bridgehead atoms. The van der Waals surface area contributed by atoms with E-state index < -0.39 is 11.6 Å². The Labute approximate surface area is 97.2 Å². The predicted octanol–water partition coefficient (Wildman–Crippen LogP) is 2.98. The summed E-state index contributed by atoms with van der Waals surface area (Å²) in [5.74, 6) is -0.0917. The highest BCUT2D eigenvalue weighted by Gasteiger charge is 2.44. The first kappa shape index (κ1) is 11.9. The van der Waals surface area contributed by atoms with Crippen molar-refractivity contribution in [1.82, 2.24) is 0 Å². The zero-order valence-electron chi connectivity index (χ0n) is 10.1. The quantitative estimate of drug-likeness (QED) is 0.804. The Kier molecular flexibility index (Phi) is 3.53. The van der Waals surface area contributed by atoms with E-state index in [9.17, 15) is 9.90 Å². The summed E-state index contributed by atoms with van der Waals surface area (Å²) in [6, 6.07) is 0. The van der Waals surface area contributed by atoms with Crippen molar-refractivity contribution in [2.45, 2.75) is 70.0 Å². The molecule has 3 heteroatoms. The van der Waals surface area contributed by atoms with Crippen molar-refractivity contribution in [2.24, 2.45) is 5.92 Å². The van der Waals surface area contributed by atoms with E-state index in [1.54, 1.807) is 0 Å². The fraction of sp³-hybridized carbons (Fsp3) is 0.923. The fourth-order valence-electron chi connectivity index (χ4n) is 2.94. The lowest BCUT2D eigenvalue weighted by Crippen LogP contribution is -2.46. The molecule has 0 heterocycles. The standard InChI is InChI=1S/C13H22O3/c1-10-6-8-13(9-7-10,12(14)15)16-11-4-2-3-5-11/h10-11H,2-9H2,1H3,(H,14,15). The van der Waals surface area contributed by atoms with Crippen LogP contribution in [0.15, 0.2) is 0 Å². The van der Waals surface area contributed by atoms with Gasteiger partial charge in [0.2, 0.25) is 0 Å². The summed E-state index contributed by atoms with van der Waals surface area (Å²) >= 11 is 0. The first-order valence-corrected chi connectivity index (χ1v) is 6.54. The van der Waals surface area contributed by atoms with Gasteiger partial charge in [0.25, 0.3) is 0 Å². The molecule has 2 rings (SSSR count). The lowest BCUT2D eigenvalue weighted by Gasteiger charge is -2.37. The van der Waals surface area contributed by atoms with Crippen LogP contribution in [0.4, 0.5) is 0 Å². The fourth-order valence-corrected chi connectivity index (χ4v) is 2.94. The molecule has 16 heavy (non-hydrogen) atoms. The molecule has 2 fully saturated rings. The molecule has 2 aliphatic carbocycles. The first-order valence-electron chi connectivity index (χ1n) is 6.54. The number of ether oxygens (including phenoxy) is 1. The minimum absolute atomic E-state index is 0.199. The van der Waals surface area contributed by atoms with Crippen LogP contribution in [-0.2, 0) is 9.53 Å². The Morgan fingerprint density at radius 2 is 1.75 bits per heavy atom. The smallest absolute Gasteiger partial charge is 0.335 e. The molecule has 0 unspecified atom stereocenters. The molecule has 0 spiro atoms. The average molecular weight is 226 g/mol. The maximum absolute atomic E-state index is 11.4. The van der Waals surface area contributed by atoms with E-state index in [4.69, 9.17) is 4.74 Å². The van der Waals surface area contributed by atoms with Gasteiger partial charge in [0.15, 0.2) is 5.60 Å². The number of carboxylic acid groups (broad SMARTS) is 1. The highest BCUT2D eigenvalue weighted by Crippen LogP contribution is 2.38. The summed E-state index contributed by atoms with van der Waals surface area (Å²) in [7, 11) is 0. The Hall–Kier alpha value is -0.570. The van der Waals surface area contributed by atoms with Crippen LogP contribution in [0.5, 0.6) is 0 Å². The summed E-state index contributed by atoms with van der Waals surface area (Å²) in [5.41, 5.74) is -0.860. The molecule has 0 radical (unpaired) electrons. The van der Waals surface area contributed by atoms with Crippen molar-refractivity contribution in [3.8, 4) is 0 Å². The van der Waals surface area contributed by atoms with Gasteiger partial charge in [0.05, 0.1) is 6.10 Å². The summed E-state index contributed by atoms with van der Waals surface area (Å²) in [5, 5.41) is 9.41. The highest BCUT2D eigenvalue weighted by molar-refractivity contribution is 5.77. The number of rotatable bonds is 3. The second-order valence-electron chi connectivity index (χ2n) is 5.51. The molecule has 2 aliphatic rings. The molecule has 92 valence electrons. The van der Waals surface area contributed by atoms with Crippen LogP contribution in [0, 0.1) is 5.92 Å². The Bertz CT molecular complexity index is 248. The van der Waals surface area contributed by atoms with Crippen molar-refractivity contribution in [3.63, 3.8) is 0 Å². The Morgan fingerprint density at radius 1 is 1.19 bits per heavy atom. The van der Waals surface area contributed by atoms with Gasteiger partial charge in [0.1, 0.15) is 0 Å². The zero-order valence-corrected chi connectivity index (χ0v) is 10.1. The van der Waals surface area contributed by atoms with E-state index in [1.807, 2.05) is 0 Å². The van der Waals surface area contributed by atoms with Crippen LogP contribution in [0.1, 0.15) is 58.3 Å². The first-order chi connectivity index (χ1) is 7.62. The molecule has 0 atom stereocenters. The minimum Gasteiger partial charge on any atom is -0.479 e. The lowest BCUT2D eigenvalue weighted by atomic mass is 9.79. The Morgan fingerprint density at radius 3 is 2.25 bits per heavy atom. The third kappa shape index (κ3) is 2.40. The van der Waals surface area contributed by atoms with Gasteiger partial charge >= 0.3 is 5.97 Å². The van der Waals surface area contributed by atoms with Crippen molar-refractivity contribution < 1.29 is 14.6 Å². The average Bonchev–Trinajstić information content (AvgIpc) is 2.74. The second-order valence-corrected chi connectivity index (χ2v) is 5.51. The van der Waals surface area contributed by atoms with Crippen molar-refractivity contribution in [1.29, 1.82) is 0 Å². The summed E-state index contributed by atoms with van der Waals surface area (Å²) in [6.07, 6.45) is 8.03. The number of carboxylic acids is 1. The molecule has 2 saturated carbocycles. The third-order valence-electron chi connectivity index (χ3n) is 4.17. The molecule has 0 aromatic carbocycles. The summed E-state index contributed by atoms with van der Waals surface area (Å²) in [6.45, 7) is 2.20. The zero-order chi connectivity index (χ0) is 11.6. The SMILES string of the molecule is CC1CCC(OC2CCCC2)(C(=O)O)CC1. The molecular formula is C13H22O3. The number of hydrogen-bond donors (Lipinski definition) is 1. The van der Waals surface area contributed by atoms with Gasteiger partial charge in [-0.05, 0) is 44.4 Å². The van der Waals surface area contributed by atoms with E-state index in [1.165, 1.54) is 12.8 Å². The maximum Gasteiger partial charge on any atom is 0.335 e. The van der Waals surface area contributed by atoms with E-state index in [0.29, 0.717) is 18.8 Å². The normalized spacial score (nSPS) is 36.4. The van der Waals surface area contributed by atoms with Crippen molar-refractivity contribution >= 4 is 5.97 Å². The topological polar surface area (TPSA) is 46.5 Å². The van der Waals surface area contributed by atoms with Crippen LogP contribution < -0.4 is 0 Å². The van der Waals surface area contributed by atoms with E-state index >= 15 is 0 Å². The Balaban J connectivity index is 2.00. The predicted molar refractivity (Wildman–Crippen MR) is 61.3 cm³/mol. The third-order valence-corrected chi connectivity index (χ3v) is 4.17. The van der Waals surface area contributed by atoms with E-state index in [-0.39, 0.29) is 6.10 Å². The molecule has 0 amide bonds. The number of hydrogen-bond acceptors (Lipinski definition) is 2. The van der Waals surface area contributed by atoms with Gasteiger partial charge in [-0.2, -0.15) is 0 Å². The number of carbonyl (C=O) groups is 1. The monoisotopic (exact) mass is 226 g/mol. The van der Waals surface area contributed by atoms with E-state index in [2.05, 4.69) is 6.92 Å².